The molecule has 0 radical (unpaired) electrons. The SMILES string of the molecule is CCOC(=O)[C@@H](OC(C)(C)C)c1c(C)cc2nc(COC(C)=O)ccc2c1-c1ccc2c3c(ccnc13)CCO2. The van der Waals surface area contributed by atoms with E-state index in [2.05, 4.69) is 0 Å². The summed E-state index contributed by atoms with van der Waals surface area (Å²) in [7, 11) is 0. The molecule has 8 heteroatoms. The number of ether oxygens (including phenoxy) is 4. The average molecular weight is 543 g/mol. The van der Waals surface area contributed by atoms with Crippen molar-refractivity contribution >= 4 is 33.7 Å². The van der Waals surface area contributed by atoms with Gasteiger partial charge in [0.15, 0.2) is 6.10 Å². The summed E-state index contributed by atoms with van der Waals surface area (Å²) < 4.78 is 23.1. The van der Waals surface area contributed by atoms with Gasteiger partial charge >= 0.3 is 11.9 Å². The van der Waals surface area contributed by atoms with Crippen molar-refractivity contribution in [3.63, 3.8) is 0 Å². The van der Waals surface area contributed by atoms with Crippen LogP contribution in [0.3, 0.4) is 0 Å². The van der Waals surface area contributed by atoms with Crippen LogP contribution in [-0.4, -0.2) is 40.7 Å². The van der Waals surface area contributed by atoms with Crippen molar-refractivity contribution in [3.8, 4) is 16.9 Å². The van der Waals surface area contributed by atoms with Crippen LogP contribution in [0.2, 0.25) is 0 Å². The van der Waals surface area contributed by atoms with Crippen LogP contribution >= 0.6 is 0 Å². The molecule has 0 bridgehead atoms. The maximum atomic E-state index is 13.5. The molecule has 40 heavy (non-hydrogen) atoms. The number of pyridine rings is 2. The van der Waals surface area contributed by atoms with E-state index in [-0.39, 0.29) is 19.2 Å². The molecule has 2 aromatic carbocycles. The van der Waals surface area contributed by atoms with Crippen molar-refractivity contribution in [3.05, 3.63) is 65.0 Å². The van der Waals surface area contributed by atoms with Gasteiger partial charge in [-0.1, -0.05) is 6.07 Å². The summed E-state index contributed by atoms with van der Waals surface area (Å²) in [5, 5.41) is 1.79. The van der Waals surface area contributed by atoms with E-state index in [1.807, 2.05) is 70.3 Å². The molecular weight excluding hydrogens is 508 g/mol. The Hall–Kier alpha value is -4.04. The lowest BCUT2D eigenvalue weighted by atomic mass is 9.86. The van der Waals surface area contributed by atoms with Crippen LogP contribution in [-0.2, 0) is 36.8 Å². The van der Waals surface area contributed by atoms with E-state index >= 15 is 0 Å². The first-order valence-electron chi connectivity index (χ1n) is 13.5. The minimum absolute atomic E-state index is 0.0693. The smallest absolute Gasteiger partial charge is 0.339 e. The molecular formula is C32H34N2O6. The molecule has 2 aromatic heterocycles. The van der Waals surface area contributed by atoms with Crippen LogP contribution < -0.4 is 4.74 Å². The molecule has 8 nitrogen and oxygen atoms in total. The Labute approximate surface area is 233 Å². The van der Waals surface area contributed by atoms with Crippen LogP contribution in [0.1, 0.15) is 63.1 Å². The summed E-state index contributed by atoms with van der Waals surface area (Å²) in [5.41, 5.74) is 5.81. The second-order valence-electron chi connectivity index (χ2n) is 10.9. The minimum Gasteiger partial charge on any atom is -0.493 e. The summed E-state index contributed by atoms with van der Waals surface area (Å²) in [6.07, 6.45) is 1.62. The lowest BCUT2D eigenvalue weighted by Crippen LogP contribution is -2.29. The van der Waals surface area contributed by atoms with Gasteiger partial charge < -0.3 is 18.9 Å². The summed E-state index contributed by atoms with van der Waals surface area (Å²) in [6.45, 7) is 11.8. The van der Waals surface area contributed by atoms with Gasteiger partial charge in [0.1, 0.15) is 12.4 Å². The standard InChI is InChI=1S/C32H34N2O6/c1-7-37-31(36)30(40-32(4,5)6)26-18(2)16-24-22(9-8-21(34-24)17-39-19(3)35)28(26)23-10-11-25-27-20(13-15-38-25)12-14-33-29(23)27/h8-12,14,16,30H,7,13,15,17H2,1-6H3/t30-/m0/s1. The van der Waals surface area contributed by atoms with Crippen molar-refractivity contribution in [2.75, 3.05) is 13.2 Å². The molecule has 0 spiro atoms. The monoisotopic (exact) mass is 542 g/mol. The normalized spacial score (nSPS) is 13.7. The zero-order chi connectivity index (χ0) is 28.6. The molecule has 0 aliphatic carbocycles. The van der Waals surface area contributed by atoms with E-state index in [4.69, 9.17) is 28.9 Å². The predicted molar refractivity (Wildman–Crippen MR) is 152 cm³/mol. The molecule has 0 unspecified atom stereocenters. The highest BCUT2D eigenvalue weighted by Crippen LogP contribution is 2.45. The number of hydrogen-bond donors (Lipinski definition) is 0. The Kier molecular flexibility index (Phi) is 7.47. The fraction of sp³-hybridized carbons (Fsp3) is 0.375. The molecule has 208 valence electrons. The highest BCUT2D eigenvalue weighted by molar-refractivity contribution is 6.08. The number of esters is 2. The minimum atomic E-state index is -0.984. The van der Waals surface area contributed by atoms with Gasteiger partial charge in [-0.15, -0.1) is 0 Å². The van der Waals surface area contributed by atoms with Gasteiger partial charge in [-0.2, -0.15) is 0 Å². The molecule has 1 aliphatic rings. The number of carbonyl (C=O) groups is 2. The van der Waals surface area contributed by atoms with Crippen molar-refractivity contribution in [1.29, 1.82) is 0 Å². The van der Waals surface area contributed by atoms with Gasteiger partial charge in [0.2, 0.25) is 0 Å². The van der Waals surface area contributed by atoms with E-state index in [9.17, 15) is 9.59 Å². The average Bonchev–Trinajstić information content (AvgIpc) is 2.90. The molecule has 4 aromatic rings. The number of aryl methyl sites for hydroxylation is 1. The van der Waals surface area contributed by atoms with Gasteiger partial charge in [-0.05, 0) is 81.6 Å². The van der Waals surface area contributed by atoms with Crippen LogP contribution in [0.15, 0.2) is 42.6 Å². The molecule has 5 rings (SSSR count). The third kappa shape index (κ3) is 5.36. The molecule has 0 N–H and O–H groups in total. The Morgan fingerprint density at radius 3 is 2.62 bits per heavy atom. The van der Waals surface area contributed by atoms with E-state index < -0.39 is 17.7 Å². The highest BCUT2D eigenvalue weighted by Gasteiger charge is 2.34. The van der Waals surface area contributed by atoms with E-state index in [0.717, 1.165) is 45.1 Å². The Balaban J connectivity index is 1.84. The van der Waals surface area contributed by atoms with Gasteiger partial charge in [0.05, 0.1) is 35.5 Å². The van der Waals surface area contributed by atoms with Crippen molar-refractivity contribution in [2.24, 2.45) is 0 Å². The largest absolute Gasteiger partial charge is 0.493 e. The number of hydrogen-bond acceptors (Lipinski definition) is 8. The van der Waals surface area contributed by atoms with Crippen molar-refractivity contribution in [1.82, 2.24) is 9.97 Å². The van der Waals surface area contributed by atoms with Crippen LogP contribution in [0.25, 0.3) is 32.9 Å². The maximum Gasteiger partial charge on any atom is 0.339 e. The lowest BCUT2D eigenvalue weighted by molar-refractivity contribution is -0.166. The summed E-state index contributed by atoms with van der Waals surface area (Å²) in [5.74, 6) is -0.0382. The first-order valence-corrected chi connectivity index (χ1v) is 13.5. The lowest BCUT2D eigenvalue weighted by Gasteiger charge is -2.30. The third-order valence-electron chi connectivity index (χ3n) is 6.80. The van der Waals surface area contributed by atoms with Gasteiger partial charge in [0.25, 0.3) is 0 Å². The van der Waals surface area contributed by atoms with Crippen LogP contribution in [0, 0.1) is 6.92 Å². The second-order valence-corrected chi connectivity index (χ2v) is 10.9. The Morgan fingerprint density at radius 1 is 1.10 bits per heavy atom. The first kappa shape index (κ1) is 27.5. The highest BCUT2D eigenvalue weighted by atomic mass is 16.6. The van der Waals surface area contributed by atoms with Gasteiger partial charge in [-0.3, -0.25) is 9.78 Å². The molecule has 3 heterocycles. The summed E-state index contributed by atoms with van der Waals surface area (Å²) >= 11 is 0. The molecule has 1 aliphatic heterocycles. The molecule has 0 amide bonds. The quantitative estimate of drug-likeness (QED) is 0.256. The fourth-order valence-electron chi connectivity index (χ4n) is 5.25. The molecule has 0 saturated carbocycles. The number of nitrogens with zero attached hydrogens (tertiary/aromatic N) is 2. The molecule has 0 fully saturated rings. The van der Waals surface area contributed by atoms with E-state index in [0.29, 0.717) is 23.4 Å². The van der Waals surface area contributed by atoms with Gasteiger partial charge in [0, 0.05) is 41.4 Å². The summed E-state index contributed by atoms with van der Waals surface area (Å²) in [6, 6.07) is 11.7. The second kappa shape index (κ2) is 10.8. The molecule has 1 atom stereocenters. The summed E-state index contributed by atoms with van der Waals surface area (Å²) in [4.78, 5) is 34.5. The number of aromatic nitrogens is 2. The van der Waals surface area contributed by atoms with E-state index in [1.165, 1.54) is 12.5 Å². The number of fused-ring (bicyclic) bond motifs is 1. The Bertz CT molecular complexity index is 1610. The number of carbonyl (C=O) groups excluding carboxylic acids is 2. The first-order chi connectivity index (χ1) is 19.1. The zero-order valence-corrected chi connectivity index (χ0v) is 23.8. The fourth-order valence-corrected chi connectivity index (χ4v) is 5.25. The number of rotatable bonds is 7. The molecule has 0 saturated heterocycles. The van der Waals surface area contributed by atoms with Gasteiger partial charge in [-0.25, -0.2) is 9.78 Å². The van der Waals surface area contributed by atoms with Crippen LogP contribution in [0.5, 0.6) is 5.75 Å². The third-order valence-corrected chi connectivity index (χ3v) is 6.80. The van der Waals surface area contributed by atoms with Crippen molar-refractivity contribution in [2.45, 2.75) is 66.3 Å². The van der Waals surface area contributed by atoms with E-state index in [1.54, 1.807) is 6.92 Å². The Morgan fingerprint density at radius 2 is 1.90 bits per heavy atom. The topological polar surface area (TPSA) is 96.8 Å². The van der Waals surface area contributed by atoms with Crippen LogP contribution in [0.4, 0.5) is 0 Å². The number of benzene rings is 2. The zero-order valence-electron chi connectivity index (χ0n) is 23.8. The van der Waals surface area contributed by atoms with Crippen molar-refractivity contribution < 1.29 is 28.5 Å². The predicted octanol–water partition coefficient (Wildman–Crippen LogP) is 6.18. The maximum absolute atomic E-state index is 13.5.